The Morgan fingerprint density at radius 1 is 1.33 bits per heavy atom. The van der Waals surface area contributed by atoms with Gasteiger partial charge in [0.15, 0.2) is 0 Å². The molecule has 0 amide bonds. The molecule has 0 aromatic carbocycles. The number of anilines is 1. The number of hydrogen-bond acceptors (Lipinski definition) is 5. The van der Waals surface area contributed by atoms with E-state index in [0.717, 1.165) is 0 Å². The molecule has 1 unspecified atom stereocenters. The lowest BCUT2D eigenvalue weighted by Gasteiger charge is -2.15. The lowest BCUT2D eigenvalue weighted by Crippen LogP contribution is -2.34. The van der Waals surface area contributed by atoms with Crippen molar-refractivity contribution in [2.75, 3.05) is 12.4 Å². The van der Waals surface area contributed by atoms with Gasteiger partial charge < -0.3 is 5.32 Å². The van der Waals surface area contributed by atoms with Gasteiger partial charge in [-0.05, 0) is 44.5 Å². The highest BCUT2D eigenvalue weighted by Crippen LogP contribution is 2.20. The SMILES string of the molecule is CNc1ncccc1S(=O)(=O)NC(C)Cc1ccc(C)s1. The van der Waals surface area contributed by atoms with Gasteiger partial charge in [0.05, 0.1) is 0 Å². The standard InChI is InChI=1S/C14H19N3O2S2/c1-10(9-12-7-6-11(2)20-12)17-21(18,19)13-5-4-8-16-14(13)15-3/h4-8,10,17H,9H2,1-3H3,(H,15,16). The topological polar surface area (TPSA) is 71.1 Å². The molecule has 5 nitrogen and oxygen atoms in total. The quantitative estimate of drug-likeness (QED) is 0.855. The Balaban J connectivity index is 2.13. The number of sulfonamides is 1. The highest BCUT2D eigenvalue weighted by Gasteiger charge is 2.21. The third kappa shape index (κ3) is 4.03. The summed E-state index contributed by atoms with van der Waals surface area (Å²) in [5, 5.41) is 2.80. The van der Waals surface area contributed by atoms with E-state index in [4.69, 9.17) is 0 Å². The largest absolute Gasteiger partial charge is 0.372 e. The molecule has 2 heterocycles. The molecular weight excluding hydrogens is 306 g/mol. The van der Waals surface area contributed by atoms with E-state index >= 15 is 0 Å². The number of nitrogens with zero attached hydrogens (tertiary/aromatic N) is 1. The van der Waals surface area contributed by atoms with E-state index in [-0.39, 0.29) is 10.9 Å². The van der Waals surface area contributed by atoms with Crippen LogP contribution < -0.4 is 10.0 Å². The maximum absolute atomic E-state index is 12.4. The Bertz CT molecular complexity index is 711. The molecule has 2 aromatic heterocycles. The molecule has 0 spiro atoms. The highest BCUT2D eigenvalue weighted by atomic mass is 32.2. The van der Waals surface area contributed by atoms with E-state index in [9.17, 15) is 8.42 Å². The lowest BCUT2D eigenvalue weighted by molar-refractivity contribution is 0.560. The van der Waals surface area contributed by atoms with Gasteiger partial charge in [0, 0.05) is 29.0 Å². The number of hydrogen-bond donors (Lipinski definition) is 2. The van der Waals surface area contributed by atoms with E-state index in [1.165, 1.54) is 9.75 Å². The van der Waals surface area contributed by atoms with Gasteiger partial charge in [0.1, 0.15) is 10.7 Å². The number of aromatic nitrogens is 1. The van der Waals surface area contributed by atoms with Gasteiger partial charge in [-0.3, -0.25) is 0 Å². The molecule has 0 radical (unpaired) electrons. The summed E-state index contributed by atoms with van der Waals surface area (Å²) in [6.07, 6.45) is 2.23. The first kappa shape index (κ1) is 15.9. The number of thiophene rings is 1. The van der Waals surface area contributed by atoms with Crippen LogP contribution in [0.25, 0.3) is 0 Å². The van der Waals surface area contributed by atoms with Crippen LogP contribution in [-0.4, -0.2) is 26.5 Å². The van der Waals surface area contributed by atoms with E-state index in [1.807, 2.05) is 26.0 Å². The summed E-state index contributed by atoms with van der Waals surface area (Å²) in [4.78, 5) is 6.59. The number of aryl methyl sites for hydroxylation is 1. The summed E-state index contributed by atoms with van der Waals surface area (Å²) >= 11 is 1.69. The molecule has 2 N–H and O–H groups in total. The van der Waals surface area contributed by atoms with Gasteiger partial charge in [-0.25, -0.2) is 18.1 Å². The van der Waals surface area contributed by atoms with E-state index in [1.54, 1.807) is 36.7 Å². The Morgan fingerprint density at radius 2 is 2.10 bits per heavy atom. The van der Waals surface area contributed by atoms with Crippen LogP contribution >= 0.6 is 11.3 Å². The Labute approximate surface area is 129 Å². The van der Waals surface area contributed by atoms with Crippen molar-refractivity contribution in [3.63, 3.8) is 0 Å². The number of nitrogens with one attached hydrogen (secondary N) is 2. The van der Waals surface area contributed by atoms with Crippen LogP contribution in [0.4, 0.5) is 5.82 Å². The zero-order valence-electron chi connectivity index (χ0n) is 12.3. The fraction of sp³-hybridized carbons (Fsp3) is 0.357. The van der Waals surface area contributed by atoms with Crippen molar-refractivity contribution >= 4 is 27.2 Å². The number of pyridine rings is 1. The highest BCUT2D eigenvalue weighted by molar-refractivity contribution is 7.89. The van der Waals surface area contributed by atoms with Crippen molar-refractivity contribution in [3.8, 4) is 0 Å². The predicted molar refractivity (Wildman–Crippen MR) is 86.3 cm³/mol. The van der Waals surface area contributed by atoms with Crippen molar-refractivity contribution in [2.24, 2.45) is 0 Å². The molecule has 2 rings (SSSR count). The van der Waals surface area contributed by atoms with Gasteiger partial charge >= 0.3 is 0 Å². The van der Waals surface area contributed by atoms with Crippen LogP contribution in [0.1, 0.15) is 16.7 Å². The van der Waals surface area contributed by atoms with Crippen LogP contribution in [0.2, 0.25) is 0 Å². The molecule has 114 valence electrons. The minimum absolute atomic E-state index is 0.168. The molecule has 1 atom stereocenters. The molecule has 0 aliphatic rings. The summed E-state index contributed by atoms with van der Waals surface area (Å²) in [5.41, 5.74) is 0. The van der Waals surface area contributed by atoms with Crippen molar-refractivity contribution in [3.05, 3.63) is 40.2 Å². The average molecular weight is 325 g/mol. The Morgan fingerprint density at radius 3 is 2.71 bits per heavy atom. The molecule has 2 aromatic rings. The minimum Gasteiger partial charge on any atom is -0.372 e. The Hall–Kier alpha value is -1.44. The average Bonchev–Trinajstić information content (AvgIpc) is 2.83. The fourth-order valence-corrected chi connectivity index (χ4v) is 4.49. The van der Waals surface area contributed by atoms with Gasteiger partial charge in [0.2, 0.25) is 10.0 Å². The van der Waals surface area contributed by atoms with Crippen LogP contribution in [0.5, 0.6) is 0 Å². The maximum Gasteiger partial charge on any atom is 0.244 e. The molecule has 0 saturated carbocycles. The molecule has 0 saturated heterocycles. The van der Waals surface area contributed by atoms with Gasteiger partial charge in [-0.15, -0.1) is 11.3 Å². The van der Waals surface area contributed by atoms with Crippen molar-refractivity contribution in [1.82, 2.24) is 9.71 Å². The van der Waals surface area contributed by atoms with E-state index in [0.29, 0.717) is 12.2 Å². The normalized spacial score (nSPS) is 13.1. The molecule has 0 fully saturated rings. The van der Waals surface area contributed by atoms with Crippen molar-refractivity contribution < 1.29 is 8.42 Å². The molecular formula is C14H19N3O2S2. The molecule has 0 aliphatic heterocycles. The van der Waals surface area contributed by atoms with Gasteiger partial charge in [0.25, 0.3) is 0 Å². The fourth-order valence-electron chi connectivity index (χ4n) is 2.06. The second kappa shape index (κ2) is 6.55. The summed E-state index contributed by atoms with van der Waals surface area (Å²) in [7, 11) is -1.93. The summed E-state index contributed by atoms with van der Waals surface area (Å²) in [6, 6.07) is 7.05. The second-order valence-corrected chi connectivity index (χ2v) is 7.89. The lowest BCUT2D eigenvalue weighted by atomic mass is 10.2. The van der Waals surface area contributed by atoms with E-state index < -0.39 is 10.0 Å². The predicted octanol–water partition coefficient (Wildman–Crippen LogP) is 2.40. The molecule has 0 aliphatic carbocycles. The van der Waals surface area contributed by atoms with Gasteiger partial charge in [-0.1, -0.05) is 0 Å². The maximum atomic E-state index is 12.4. The van der Waals surface area contributed by atoms with Crippen LogP contribution in [0.3, 0.4) is 0 Å². The van der Waals surface area contributed by atoms with Crippen molar-refractivity contribution in [2.45, 2.75) is 31.2 Å². The van der Waals surface area contributed by atoms with Crippen molar-refractivity contribution in [1.29, 1.82) is 0 Å². The number of rotatable bonds is 6. The van der Waals surface area contributed by atoms with Gasteiger partial charge in [-0.2, -0.15) is 0 Å². The summed E-state index contributed by atoms with van der Waals surface area (Å²) < 4.78 is 27.6. The first-order chi connectivity index (χ1) is 9.92. The zero-order valence-corrected chi connectivity index (χ0v) is 13.9. The molecule has 0 bridgehead atoms. The van der Waals surface area contributed by atoms with E-state index in [2.05, 4.69) is 15.0 Å². The summed E-state index contributed by atoms with van der Waals surface area (Å²) in [5.74, 6) is 0.351. The third-order valence-electron chi connectivity index (χ3n) is 2.96. The zero-order chi connectivity index (χ0) is 15.5. The summed E-state index contributed by atoms with van der Waals surface area (Å²) in [6.45, 7) is 3.90. The Kier molecular flexibility index (Phi) is 4.97. The van der Waals surface area contributed by atoms with Crippen LogP contribution in [-0.2, 0) is 16.4 Å². The monoisotopic (exact) mass is 325 g/mol. The molecule has 7 heteroatoms. The van der Waals surface area contributed by atoms with Crippen LogP contribution in [0.15, 0.2) is 35.4 Å². The third-order valence-corrected chi connectivity index (χ3v) is 5.60. The first-order valence-corrected chi connectivity index (χ1v) is 8.93. The molecule has 21 heavy (non-hydrogen) atoms. The van der Waals surface area contributed by atoms with Crippen LogP contribution in [0, 0.1) is 6.92 Å². The smallest absolute Gasteiger partial charge is 0.244 e. The first-order valence-electron chi connectivity index (χ1n) is 6.63. The second-order valence-electron chi connectivity index (χ2n) is 4.84. The minimum atomic E-state index is -3.59.